The number of carbonyl (C=O) groups excluding carboxylic acids is 1. The molecule has 5 nitrogen and oxygen atoms in total. The van der Waals surface area contributed by atoms with Crippen LogP contribution in [0.1, 0.15) is 29.7 Å². The van der Waals surface area contributed by atoms with Crippen LogP contribution in [0.25, 0.3) is 21.3 Å². The lowest BCUT2D eigenvalue weighted by Gasteiger charge is -2.16. The molecule has 0 bridgehead atoms. The zero-order valence-corrected chi connectivity index (χ0v) is 18.2. The molecule has 2 heterocycles. The Hall–Kier alpha value is -3.25. The van der Waals surface area contributed by atoms with Crippen molar-refractivity contribution in [1.82, 2.24) is 9.55 Å². The van der Waals surface area contributed by atoms with E-state index in [9.17, 15) is 9.59 Å². The zero-order valence-electron chi connectivity index (χ0n) is 17.4. The molecule has 1 N–H and O–H groups in total. The Bertz CT molecular complexity index is 1300. The number of rotatable bonds is 4. The number of hydrogen-bond donors (Lipinski definition) is 1. The number of aromatic nitrogens is 2. The Morgan fingerprint density at radius 3 is 2.47 bits per heavy atom. The highest BCUT2D eigenvalue weighted by molar-refractivity contribution is 7.17. The number of thiophene rings is 1. The minimum Gasteiger partial charge on any atom is -0.324 e. The molecule has 0 fully saturated rings. The van der Waals surface area contributed by atoms with E-state index in [1.54, 1.807) is 6.92 Å². The molecule has 0 aliphatic rings. The van der Waals surface area contributed by atoms with E-state index < -0.39 is 6.04 Å². The summed E-state index contributed by atoms with van der Waals surface area (Å²) >= 11 is 1.44. The summed E-state index contributed by atoms with van der Waals surface area (Å²) in [4.78, 5) is 31.3. The first-order valence-corrected chi connectivity index (χ1v) is 10.7. The van der Waals surface area contributed by atoms with Gasteiger partial charge in [-0.15, -0.1) is 11.3 Å². The Morgan fingerprint density at radius 2 is 1.77 bits per heavy atom. The minimum atomic E-state index is -0.694. The predicted molar refractivity (Wildman–Crippen MR) is 123 cm³/mol. The predicted octanol–water partition coefficient (Wildman–Crippen LogP) is 5.25. The first kappa shape index (κ1) is 20.0. The van der Waals surface area contributed by atoms with E-state index in [4.69, 9.17) is 0 Å². The molecule has 0 radical (unpaired) electrons. The SMILES string of the molecule is Cc1ccc(-c2csc3ncn([C@@H](C)C(=O)Nc4ccc(C)cc4C)c(=O)c23)cc1. The first-order chi connectivity index (χ1) is 14.3. The fourth-order valence-electron chi connectivity index (χ4n) is 3.48. The second-order valence-corrected chi connectivity index (χ2v) is 8.49. The molecule has 6 heteroatoms. The maximum Gasteiger partial charge on any atom is 0.263 e. The van der Waals surface area contributed by atoms with Crippen LogP contribution in [0.4, 0.5) is 5.69 Å². The van der Waals surface area contributed by atoms with Gasteiger partial charge in [-0.05, 0) is 44.9 Å². The average molecular weight is 418 g/mol. The third-order valence-electron chi connectivity index (χ3n) is 5.32. The molecular formula is C24H23N3O2S. The topological polar surface area (TPSA) is 64.0 Å². The van der Waals surface area contributed by atoms with Crippen molar-refractivity contribution in [2.75, 3.05) is 5.32 Å². The smallest absolute Gasteiger partial charge is 0.263 e. The van der Waals surface area contributed by atoms with Crippen molar-refractivity contribution in [3.8, 4) is 11.1 Å². The summed E-state index contributed by atoms with van der Waals surface area (Å²) in [5.41, 5.74) is 5.63. The molecule has 30 heavy (non-hydrogen) atoms. The maximum atomic E-state index is 13.3. The molecule has 0 unspecified atom stereocenters. The van der Waals surface area contributed by atoms with Crippen molar-refractivity contribution < 1.29 is 4.79 Å². The number of carbonyl (C=O) groups is 1. The molecule has 2 aromatic carbocycles. The van der Waals surface area contributed by atoms with Gasteiger partial charge >= 0.3 is 0 Å². The van der Waals surface area contributed by atoms with Crippen molar-refractivity contribution in [1.29, 1.82) is 0 Å². The molecule has 2 aromatic heterocycles. The summed E-state index contributed by atoms with van der Waals surface area (Å²) in [6.45, 7) is 7.70. The molecule has 0 saturated carbocycles. The molecule has 4 aromatic rings. The Balaban J connectivity index is 1.71. The molecule has 0 aliphatic heterocycles. The van der Waals surface area contributed by atoms with E-state index in [0.29, 0.717) is 10.2 Å². The van der Waals surface area contributed by atoms with Crippen molar-refractivity contribution in [2.45, 2.75) is 33.7 Å². The van der Waals surface area contributed by atoms with Crippen LogP contribution in [0.15, 0.2) is 59.0 Å². The van der Waals surface area contributed by atoms with Crippen LogP contribution >= 0.6 is 11.3 Å². The van der Waals surface area contributed by atoms with Crippen molar-refractivity contribution in [3.05, 3.63) is 81.2 Å². The number of fused-ring (bicyclic) bond motifs is 1. The summed E-state index contributed by atoms with van der Waals surface area (Å²) in [6.07, 6.45) is 1.46. The van der Waals surface area contributed by atoms with Crippen LogP contribution in [0.3, 0.4) is 0 Å². The lowest BCUT2D eigenvalue weighted by Crippen LogP contribution is -2.31. The number of nitrogens with one attached hydrogen (secondary N) is 1. The highest BCUT2D eigenvalue weighted by Crippen LogP contribution is 2.31. The van der Waals surface area contributed by atoms with E-state index >= 15 is 0 Å². The fraction of sp³-hybridized carbons (Fsp3) is 0.208. The molecule has 0 saturated heterocycles. The van der Waals surface area contributed by atoms with Crippen LogP contribution in [0.2, 0.25) is 0 Å². The van der Waals surface area contributed by atoms with Crippen LogP contribution < -0.4 is 10.9 Å². The number of nitrogens with zero attached hydrogens (tertiary/aromatic N) is 2. The molecule has 0 spiro atoms. The van der Waals surface area contributed by atoms with Gasteiger partial charge in [0.25, 0.3) is 5.56 Å². The summed E-state index contributed by atoms with van der Waals surface area (Å²) in [5.74, 6) is -0.252. The van der Waals surface area contributed by atoms with Crippen molar-refractivity contribution in [2.24, 2.45) is 0 Å². The van der Waals surface area contributed by atoms with Crippen LogP contribution in [-0.2, 0) is 4.79 Å². The summed E-state index contributed by atoms with van der Waals surface area (Å²) in [6, 6.07) is 13.2. The Morgan fingerprint density at radius 1 is 1.07 bits per heavy atom. The third-order valence-corrected chi connectivity index (χ3v) is 6.20. The number of benzene rings is 2. The lowest BCUT2D eigenvalue weighted by molar-refractivity contribution is -0.118. The van der Waals surface area contributed by atoms with Gasteiger partial charge in [0.15, 0.2) is 0 Å². The van der Waals surface area contributed by atoms with Gasteiger partial charge in [-0.25, -0.2) is 4.98 Å². The lowest BCUT2D eigenvalue weighted by atomic mass is 10.0. The average Bonchev–Trinajstić information content (AvgIpc) is 3.15. The summed E-state index contributed by atoms with van der Waals surface area (Å²) in [5, 5.41) is 5.44. The van der Waals surface area contributed by atoms with E-state index in [2.05, 4.69) is 10.3 Å². The van der Waals surface area contributed by atoms with Crippen molar-refractivity contribution >= 4 is 33.1 Å². The van der Waals surface area contributed by atoms with Gasteiger partial charge in [0.1, 0.15) is 10.9 Å². The fourth-order valence-corrected chi connectivity index (χ4v) is 4.39. The maximum absolute atomic E-state index is 13.3. The van der Waals surface area contributed by atoms with E-state index in [1.807, 2.05) is 68.6 Å². The number of anilines is 1. The molecule has 152 valence electrons. The molecule has 0 aliphatic carbocycles. The van der Waals surface area contributed by atoms with Crippen molar-refractivity contribution in [3.63, 3.8) is 0 Å². The van der Waals surface area contributed by atoms with Gasteiger partial charge in [0.05, 0.1) is 11.7 Å². The summed E-state index contributed by atoms with van der Waals surface area (Å²) in [7, 11) is 0. The Kier molecular flexibility index (Phi) is 5.26. The van der Waals surface area contributed by atoms with Gasteiger partial charge in [-0.2, -0.15) is 0 Å². The van der Waals surface area contributed by atoms with E-state index in [0.717, 1.165) is 33.5 Å². The largest absolute Gasteiger partial charge is 0.324 e. The normalized spacial score (nSPS) is 12.1. The zero-order chi connectivity index (χ0) is 21.4. The van der Waals surface area contributed by atoms with E-state index in [1.165, 1.54) is 22.2 Å². The van der Waals surface area contributed by atoms with Gasteiger partial charge in [-0.1, -0.05) is 47.5 Å². The first-order valence-electron chi connectivity index (χ1n) is 9.78. The van der Waals surface area contributed by atoms with Gasteiger partial charge in [0, 0.05) is 16.6 Å². The number of aryl methyl sites for hydroxylation is 3. The minimum absolute atomic E-state index is 0.208. The van der Waals surface area contributed by atoms with Crippen LogP contribution in [0.5, 0.6) is 0 Å². The standard InChI is InChI=1S/C24H23N3O2S/c1-14-5-8-18(9-6-14)19-12-30-23-21(19)24(29)27(13-25-23)17(4)22(28)26-20-10-7-15(2)11-16(20)3/h5-13,17H,1-4H3,(H,26,28)/t17-/m0/s1. The third kappa shape index (κ3) is 3.66. The van der Waals surface area contributed by atoms with Gasteiger partial charge in [0.2, 0.25) is 5.91 Å². The molecule has 4 rings (SSSR count). The molecule has 1 amide bonds. The highest BCUT2D eigenvalue weighted by atomic mass is 32.1. The monoisotopic (exact) mass is 417 g/mol. The molecular weight excluding hydrogens is 394 g/mol. The second kappa shape index (κ2) is 7.88. The quantitative estimate of drug-likeness (QED) is 0.493. The second-order valence-electron chi connectivity index (χ2n) is 7.64. The number of amides is 1. The highest BCUT2D eigenvalue weighted by Gasteiger charge is 2.20. The van der Waals surface area contributed by atoms with E-state index in [-0.39, 0.29) is 11.5 Å². The van der Waals surface area contributed by atoms with Gasteiger partial charge in [-0.3, -0.25) is 14.2 Å². The molecule has 1 atom stereocenters. The van der Waals surface area contributed by atoms with Crippen LogP contribution in [-0.4, -0.2) is 15.5 Å². The Labute approximate surface area is 179 Å². The number of hydrogen-bond acceptors (Lipinski definition) is 4. The summed E-state index contributed by atoms with van der Waals surface area (Å²) < 4.78 is 1.41. The van der Waals surface area contributed by atoms with Crippen LogP contribution in [0, 0.1) is 20.8 Å². The van der Waals surface area contributed by atoms with Gasteiger partial charge < -0.3 is 5.32 Å².